The van der Waals surface area contributed by atoms with E-state index in [4.69, 9.17) is 9.47 Å². The SMILES string of the molecule is c1cc2c(cc1CC1CCNC1)OCCO2. The second-order valence-electron chi connectivity index (χ2n) is 4.54. The van der Waals surface area contributed by atoms with Gasteiger partial charge in [-0.3, -0.25) is 0 Å². The van der Waals surface area contributed by atoms with Gasteiger partial charge in [-0.2, -0.15) is 0 Å². The molecule has 1 aromatic rings. The highest BCUT2D eigenvalue weighted by Gasteiger charge is 2.17. The van der Waals surface area contributed by atoms with E-state index in [1.165, 1.54) is 12.0 Å². The number of benzene rings is 1. The highest BCUT2D eigenvalue weighted by Crippen LogP contribution is 2.31. The molecule has 0 aliphatic carbocycles. The van der Waals surface area contributed by atoms with Crippen LogP contribution in [0.25, 0.3) is 0 Å². The molecule has 1 atom stereocenters. The Kier molecular flexibility index (Phi) is 2.70. The van der Waals surface area contributed by atoms with Crippen LogP contribution in [0.3, 0.4) is 0 Å². The highest BCUT2D eigenvalue weighted by atomic mass is 16.6. The third-order valence-electron chi connectivity index (χ3n) is 3.29. The Balaban J connectivity index is 1.74. The summed E-state index contributed by atoms with van der Waals surface area (Å²) in [7, 11) is 0. The molecule has 1 saturated heterocycles. The fourth-order valence-electron chi connectivity index (χ4n) is 2.44. The zero-order chi connectivity index (χ0) is 10.8. The van der Waals surface area contributed by atoms with Gasteiger partial charge in [0.15, 0.2) is 11.5 Å². The molecule has 0 bridgehead atoms. The predicted molar refractivity (Wildman–Crippen MR) is 62.1 cm³/mol. The summed E-state index contributed by atoms with van der Waals surface area (Å²) in [5, 5.41) is 3.40. The molecule has 0 saturated carbocycles. The molecule has 1 N–H and O–H groups in total. The lowest BCUT2D eigenvalue weighted by Crippen LogP contribution is -2.16. The number of nitrogens with one attached hydrogen (secondary N) is 1. The van der Waals surface area contributed by atoms with E-state index in [2.05, 4.69) is 17.4 Å². The van der Waals surface area contributed by atoms with Gasteiger partial charge in [-0.05, 0) is 49.5 Å². The lowest BCUT2D eigenvalue weighted by atomic mass is 9.98. The average molecular weight is 219 g/mol. The smallest absolute Gasteiger partial charge is 0.161 e. The van der Waals surface area contributed by atoms with Crippen molar-refractivity contribution in [3.63, 3.8) is 0 Å². The molecular weight excluding hydrogens is 202 g/mol. The standard InChI is InChI=1S/C13H17NO2/c1-2-12-13(16-6-5-15-12)8-10(1)7-11-3-4-14-9-11/h1-2,8,11,14H,3-7,9H2. The Labute approximate surface area is 95.8 Å². The largest absolute Gasteiger partial charge is 0.486 e. The molecule has 2 heterocycles. The second kappa shape index (κ2) is 4.34. The van der Waals surface area contributed by atoms with Gasteiger partial charge in [-0.25, -0.2) is 0 Å². The minimum atomic E-state index is 0.666. The van der Waals surface area contributed by atoms with Crippen molar-refractivity contribution in [1.29, 1.82) is 0 Å². The molecule has 1 fully saturated rings. The van der Waals surface area contributed by atoms with Crippen molar-refractivity contribution >= 4 is 0 Å². The molecule has 0 amide bonds. The molecule has 1 aromatic carbocycles. The first kappa shape index (κ1) is 9.97. The third-order valence-corrected chi connectivity index (χ3v) is 3.29. The van der Waals surface area contributed by atoms with Gasteiger partial charge in [0.2, 0.25) is 0 Å². The van der Waals surface area contributed by atoms with Crippen molar-refractivity contribution in [2.75, 3.05) is 26.3 Å². The van der Waals surface area contributed by atoms with E-state index in [9.17, 15) is 0 Å². The molecule has 0 spiro atoms. The maximum absolute atomic E-state index is 5.59. The highest BCUT2D eigenvalue weighted by molar-refractivity contribution is 5.43. The first-order valence-electron chi connectivity index (χ1n) is 6.01. The molecule has 0 radical (unpaired) electrons. The Morgan fingerprint density at radius 3 is 2.88 bits per heavy atom. The van der Waals surface area contributed by atoms with Crippen molar-refractivity contribution in [2.45, 2.75) is 12.8 Å². The van der Waals surface area contributed by atoms with Crippen LogP contribution in [0.2, 0.25) is 0 Å². The Bertz CT molecular complexity index is 372. The van der Waals surface area contributed by atoms with Crippen LogP contribution in [-0.4, -0.2) is 26.3 Å². The van der Waals surface area contributed by atoms with E-state index < -0.39 is 0 Å². The zero-order valence-electron chi connectivity index (χ0n) is 9.37. The van der Waals surface area contributed by atoms with Gasteiger partial charge in [-0.15, -0.1) is 0 Å². The maximum Gasteiger partial charge on any atom is 0.161 e. The average Bonchev–Trinajstić information content (AvgIpc) is 2.82. The van der Waals surface area contributed by atoms with Crippen LogP contribution in [0.15, 0.2) is 18.2 Å². The Hall–Kier alpha value is -1.22. The molecule has 3 rings (SSSR count). The predicted octanol–water partition coefficient (Wildman–Crippen LogP) is 1.61. The van der Waals surface area contributed by atoms with Crippen LogP contribution < -0.4 is 14.8 Å². The summed E-state index contributed by atoms with van der Waals surface area (Å²) >= 11 is 0. The quantitative estimate of drug-likeness (QED) is 0.819. The molecule has 86 valence electrons. The van der Waals surface area contributed by atoms with E-state index >= 15 is 0 Å². The summed E-state index contributed by atoms with van der Waals surface area (Å²) in [6.45, 7) is 3.64. The van der Waals surface area contributed by atoms with Gasteiger partial charge in [-0.1, -0.05) is 6.07 Å². The summed E-state index contributed by atoms with van der Waals surface area (Å²) in [4.78, 5) is 0. The van der Waals surface area contributed by atoms with Gasteiger partial charge in [0.1, 0.15) is 13.2 Å². The van der Waals surface area contributed by atoms with Gasteiger partial charge in [0, 0.05) is 0 Å². The van der Waals surface area contributed by atoms with Crippen LogP contribution >= 0.6 is 0 Å². The molecule has 1 unspecified atom stereocenters. The van der Waals surface area contributed by atoms with E-state index in [1.807, 2.05) is 6.07 Å². The van der Waals surface area contributed by atoms with Crippen LogP contribution in [0, 0.1) is 5.92 Å². The van der Waals surface area contributed by atoms with Crippen molar-refractivity contribution < 1.29 is 9.47 Å². The van der Waals surface area contributed by atoms with Gasteiger partial charge in [0.25, 0.3) is 0 Å². The zero-order valence-corrected chi connectivity index (χ0v) is 9.37. The summed E-state index contributed by atoms with van der Waals surface area (Å²) < 4.78 is 11.1. The number of ether oxygens (including phenoxy) is 2. The number of rotatable bonds is 2. The second-order valence-corrected chi connectivity index (χ2v) is 4.54. The first-order chi connectivity index (χ1) is 7.92. The van der Waals surface area contributed by atoms with Crippen molar-refractivity contribution in [1.82, 2.24) is 5.32 Å². The van der Waals surface area contributed by atoms with Crippen molar-refractivity contribution in [2.24, 2.45) is 5.92 Å². The molecule has 2 aliphatic heterocycles. The fraction of sp³-hybridized carbons (Fsp3) is 0.538. The van der Waals surface area contributed by atoms with Crippen molar-refractivity contribution in [3.05, 3.63) is 23.8 Å². The van der Waals surface area contributed by atoms with Crippen LogP contribution in [0.1, 0.15) is 12.0 Å². The minimum absolute atomic E-state index is 0.666. The molecule has 3 nitrogen and oxygen atoms in total. The van der Waals surface area contributed by atoms with E-state index in [0.717, 1.165) is 36.9 Å². The van der Waals surface area contributed by atoms with Crippen LogP contribution in [0.4, 0.5) is 0 Å². The molecule has 3 heteroatoms. The van der Waals surface area contributed by atoms with Gasteiger partial charge in [0.05, 0.1) is 0 Å². The lowest BCUT2D eigenvalue weighted by molar-refractivity contribution is 0.171. The summed E-state index contributed by atoms with van der Waals surface area (Å²) in [5.41, 5.74) is 1.36. The number of hydrogen-bond acceptors (Lipinski definition) is 3. The Morgan fingerprint density at radius 2 is 2.06 bits per heavy atom. The molecule has 0 aromatic heterocycles. The first-order valence-corrected chi connectivity index (χ1v) is 6.01. The summed E-state index contributed by atoms with van der Waals surface area (Å²) in [5.74, 6) is 2.58. The topological polar surface area (TPSA) is 30.5 Å². The van der Waals surface area contributed by atoms with E-state index in [-0.39, 0.29) is 0 Å². The summed E-state index contributed by atoms with van der Waals surface area (Å²) in [6, 6.07) is 6.32. The number of fused-ring (bicyclic) bond motifs is 1. The van der Waals surface area contributed by atoms with Gasteiger partial charge >= 0.3 is 0 Å². The van der Waals surface area contributed by atoms with E-state index in [0.29, 0.717) is 13.2 Å². The third kappa shape index (κ3) is 2.00. The summed E-state index contributed by atoms with van der Waals surface area (Å²) in [6.07, 6.45) is 2.43. The molecule has 2 aliphatic rings. The minimum Gasteiger partial charge on any atom is -0.486 e. The van der Waals surface area contributed by atoms with Crippen LogP contribution in [-0.2, 0) is 6.42 Å². The Morgan fingerprint density at radius 1 is 1.19 bits per heavy atom. The number of hydrogen-bond donors (Lipinski definition) is 1. The maximum atomic E-state index is 5.59. The van der Waals surface area contributed by atoms with E-state index in [1.54, 1.807) is 0 Å². The monoisotopic (exact) mass is 219 g/mol. The lowest BCUT2D eigenvalue weighted by Gasteiger charge is -2.19. The molecular formula is C13H17NO2. The molecule has 16 heavy (non-hydrogen) atoms. The van der Waals surface area contributed by atoms with Crippen LogP contribution in [0.5, 0.6) is 11.5 Å². The van der Waals surface area contributed by atoms with Gasteiger partial charge < -0.3 is 14.8 Å². The normalized spacial score (nSPS) is 23.4. The fourth-order valence-corrected chi connectivity index (χ4v) is 2.44. The van der Waals surface area contributed by atoms with Crippen molar-refractivity contribution in [3.8, 4) is 11.5 Å².